The summed E-state index contributed by atoms with van der Waals surface area (Å²) >= 11 is 3.62. The van der Waals surface area contributed by atoms with Crippen molar-refractivity contribution in [3.63, 3.8) is 0 Å². The van der Waals surface area contributed by atoms with Crippen LogP contribution >= 0.6 is 23.5 Å². The molecule has 0 amide bonds. The average molecular weight is 294 g/mol. The molecule has 0 bridgehead atoms. The molecule has 0 aromatic heterocycles. The molecule has 1 saturated heterocycles. The Labute approximate surface area is 120 Å². The molecule has 1 aromatic carbocycles. The maximum Gasteiger partial charge on any atom is 0.336 e. The normalized spacial score (nSPS) is 23.9. The number of benzene rings is 1. The zero-order valence-corrected chi connectivity index (χ0v) is 12.1. The zero-order valence-electron chi connectivity index (χ0n) is 10.5. The highest BCUT2D eigenvalue weighted by molar-refractivity contribution is 8.20. The monoisotopic (exact) mass is 294 g/mol. The van der Waals surface area contributed by atoms with Crippen molar-refractivity contribution in [1.82, 2.24) is 0 Å². The van der Waals surface area contributed by atoms with Crippen LogP contribution in [0.1, 0.15) is 17.2 Å². The Morgan fingerprint density at radius 2 is 2.05 bits per heavy atom. The van der Waals surface area contributed by atoms with E-state index in [4.69, 9.17) is 4.74 Å². The van der Waals surface area contributed by atoms with E-state index in [1.807, 2.05) is 53.9 Å². The highest BCUT2D eigenvalue weighted by atomic mass is 32.2. The molecule has 1 fully saturated rings. The fourth-order valence-electron chi connectivity index (χ4n) is 2.54. The first-order chi connectivity index (χ1) is 9.18. The number of hydrogen-bond acceptors (Lipinski definition) is 5. The highest BCUT2D eigenvalue weighted by Gasteiger charge is 2.44. The van der Waals surface area contributed by atoms with E-state index in [0.717, 1.165) is 22.6 Å². The van der Waals surface area contributed by atoms with Gasteiger partial charge in [0.05, 0.1) is 12.7 Å². The lowest BCUT2D eigenvalue weighted by molar-refractivity contribution is -0.137. The summed E-state index contributed by atoms with van der Waals surface area (Å²) in [4.78, 5) is 11.9. The van der Waals surface area contributed by atoms with Crippen molar-refractivity contribution in [3.05, 3.63) is 47.0 Å². The van der Waals surface area contributed by atoms with Gasteiger partial charge in [0.1, 0.15) is 10.2 Å². The first kappa shape index (κ1) is 13.1. The standard InChI is InChI=1S/C14H14O3S2/c1-17-13(16)10-8-14(18-6-7-19-14)11-5-3-2-4-9(11)12(10)15/h2-5,8,12,15H,6-7H2,1H3. The van der Waals surface area contributed by atoms with Crippen LogP contribution in [0.3, 0.4) is 0 Å². The summed E-state index contributed by atoms with van der Waals surface area (Å²) < 4.78 is 4.54. The van der Waals surface area contributed by atoms with E-state index < -0.39 is 12.1 Å². The van der Waals surface area contributed by atoms with Crippen molar-refractivity contribution < 1.29 is 14.6 Å². The van der Waals surface area contributed by atoms with Gasteiger partial charge in [-0.2, -0.15) is 0 Å². The molecule has 5 heteroatoms. The summed E-state index contributed by atoms with van der Waals surface area (Å²) in [6, 6.07) is 7.79. The Morgan fingerprint density at radius 3 is 2.74 bits per heavy atom. The Kier molecular flexibility index (Phi) is 3.37. The molecule has 1 aromatic rings. The third-order valence-electron chi connectivity index (χ3n) is 3.41. The van der Waals surface area contributed by atoms with Crippen molar-refractivity contribution in [3.8, 4) is 0 Å². The molecule has 1 aliphatic heterocycles. The quantitative estimate of drug-likeness (QED) is 0.806. The number of fused-ring (bicyclic) bond motifs is 2. The Bertz CT molecular complexity index is 547. The third-order valence-corrected chi connectivity index (χ3v) is 6.72. The van der Waals surface area contributed by atoms with Gasteiger partial charge in [-0.05, 0) is 17.2 Å². The van der Waals surface area contributed by atoms with Crippen LogP contribution in [0.15, 0.2) is 35.9 Å². The molecule has 1 atom stereocenters. The van der Waals surface area contributed by atoms with Gasteiger partial charge in [0.2, 0.25) is 0 Å². The Morgan fingerprint density at radius 1 is 1.37 bits per heavy atom. The molecule has 3 rings (SSSR count). The molecule has 1 heterocycles. The molecular formula is C14H14O3S2. The van der Waals surface area contributed by atoms with E-state index in [0.29, 0.717) is 5.57 Å². The van der Waals surface area contributed by atoms with E-state index in [-0.39, 0.29) is 4.08 Å². The number of carbonyl (C=O) groups is 1. The summed E-state index contributed by atoms with van der Waals surface area (Å²) in [5, 5.41) is 10.4. The van der Waals surface area contributed by atoms with Crippen LogP contribution in [0.4, 0.5) is 0 Å². The van der Waals surface area contributed by atoms with E-state index in [2.05, 4.69) is 0 Å². The summed E-state index contributed by atoms with van der Waals surface area (Å²) in [5.41, 5.74) is 2.26. The van der Waals surface area contributed by atoms with Crippen molar-refractivity contribution in [2.24, 2.45) is 0 Å². The van der Waals surface area contributed by atoms with Crippen LogP contribution in [0.2, 0.25) is 0 Å². The maximum atomic E-state index is 11.9. The highest BCUT2D eigenvalue weighted by Crippen LogP contribution is 2.57. The van der Waals surface area contributed by atoms with Crippen LogP contribution in [0.25, 0.3) is 0 Å². The molecule has 100 valence electrons. The second-order valence-corrected chi connectivity index (χ2v) is 7.39. The number of aliphatic hydroxyl groups excluding tert-OH is 1. The van der Waals surface area contributed by atoms with Crippen molar-refractivity contribution >= 4 is 29.5 Å². The van der Waals surface area contributed by atoms with Crippen molar-refractivity contribution in [2.75, 3.05) is 18.6 Å². The van der Waals surface area contributed by atoms with E-state index in [1.165, 1.54) is 7.11 Å². The van der Waals surface area contributed by atoms with Crippen LogP contribution in [0, 0.1) is 0 Å². The molecule has 3 nitrogen and oxygen atoms in total. The number of aliphatic hydroxyl groups is 1. The molecule has 1 unspecified atom stereocenters. The van der Waals surface area contributed by atoms with E-state index in [1.54, 1.807) is 0 Å². The average Bonchev–Trinajstić information content (AvgIpc) is 2.92. The fourth-order valence-corrected chi connectivity index (χ4v) is 5.75. The van der Waals surface area contributed by atoms with Gasteiger partial charge >= 0.3 is 5.97 Å². The number of rotatable bonds is 1. The van der Waals surface area contributed by atoms with Crippen LogP contribution < -0.4 is 0 Å². The van der Waals surface area contributed by atoms with Gasteiger partial charge in [-0.3, -0.25) is 0 Å². The Hall–Kier alpha value is -0.910. The van der Waals surface area contributed by atoms with Gasteiger partial charge in [0, 0.05) is 11.5 Å². The number of carbonyl (C=O) groups excluding carboxylic acids is 1. The lowest BCUT2D eigenvalue weighted by Crippen LogP contribution is -2.26. The Balaban J connectivity index is 2.17. The van der Waals surface area contributed by atoms with Crippen molar-refractivity contribution in [2.45, 2.75) is 10.2 Å². The first-order valence-electron chi connectivity index (χ1n) is 6.04. The largest absolute Gasteiger partial charge is 0.466 e. The molecule has 0 saturated carbocycles. The van der Waals surface area contributed by atoms with Crippen LogP contribution in [0.5, 0.6) is 0 Å². The predicted octanol–water partition coefficient (Wildman–Crippen LogP) is 2.47. The van der Waals surface area contributed by atoms with Gasteiger partial charge in [0.15, 0.2) is 0 Å². The van der Waals surface area contributed by atoms with Crippen LogP contribution in [-0.2, 0) is 13.6 Å². The van der Waals surface area contributed by atoms with Gasteiger partial charge in [-0.15, -0.1) is 23.5 Å². The first-order valence-corrected chi connectivity index (χ1v) is 8.01. The predicted molar refractivity (Wildman–Crippen MR) is 78.1 cm³/mol. The van der Waals surface area contributed by atoms with E-state index >= 15 is 0 Å². The number of hydrogen-bond donors (Lipinski definition) is 1. The number of esters is 1. The van der Waals surface area contributed by atoms with Gasteiger partial charge < -0.3 is 9.84 Å². The van der Waals surface area contributed by atoms with E-state index in [9.17, 15) is 9.90 Å². The molecular weight excluding hydrogens is 280 g/mol. The minimum absolute atomic E-state index is 0.251. The number of thioether (sulfide) groups is 2. The topological polar surface area (TPSA) is 46.5 Å². The second kappa shape index (κ2) is 4.89. The minimum Gasteiger partial charge on any atom is -0.466 e. The van der Waals surface area contributed by atoms with Gasteiger partial charge in [0.25, 0.3) is 0 Å². The summed E-state index contributed by atoms with van der Waals surface area (Å²) in [6.07, 6.45) is 0.991. The lowest BCUT2D eigenvalue weighted by atomic mass is 9.88. The van der Waals surface area contributed by atoms with Crippen molar-refractivity contribution in [1.29, 1.82) is 0 Å². The molecule has 0 radical (unpaired) electrons. The van der Waals surface area contributed by atoms with Crippen LogP contribution in [-0.4, -0.2) is 29.7 Å². The molecule has 1 N–H and O–H groups in total. The molecule has 1 aliphatic carbocycles. The summed E-state index contributed by atoms with van der Waals surface area (Å²) in [6.45, 7) is 0. The molecule has 2 aliphatic rings. The fraction of sp³-hybridized carbons (Fsp3) is 0.357. The maximum absolute atomic E-state index is 11.9. The number of ether oxygens (including phenoxy) is 1. The molecule has 19 heavy (non-hydrogen) atoms. The smallest absolute Gasteiger partial charge is 0.336 e. The zero-order chi connectivity index (χ0) is 13.5. The third kappa shape index (κ3) is 2.00. The van der Waals surface area contributed by atoms with Gasteiger partial charge in [-0.25, -0.2) is 4.79 Å². The molecule has 1 spiro atoms. The number of methoxy groups -OCH3 is 1. The lowest BCUT2D eigenvalue weighted by Gasteiger charge is -2.34. The second-order valence-electron chi connectivity index (χ2n) is 4.45. The summed E-state index contributed by atoms with van der Waals surface area (Å²) in [5.74, 6) is 1.63. The SMILES string of the molecule is COC(=O)C1=CC2(SCCS2)c2ccccc2C1O. The minimum atomic E-state index is -0.893. The summed E-state index contributed by atoms with van der Waals surface area (Å²) in [7, 11) is 1.35. The van der Waals surface area contributed by atoms with Gasteiger partial charge in [-0.1, -0.05) is 24.3 Å².